The number of ether oxygens (including phenoxy) is 3. The molecule has 3 rings (SSSR count). The number of carbonyl (C=O) groups is 1. The fraction of sp³-hybridized carbons (Fsp3) is 0.348. The Morgan fingerprint density at radius 2 is 1.69 bits per heavy atom. The Balaban J connectivity index is 1.82. The molecule has 0 bridgehead atoms. The summed E-state index contributed by atoms with van der Waals surface area (Å²) >= 11 is 0. The van der Waals surface area contributed by atoms with Crippen LogP contribution >= 0.6 is 0 Å². The number of para-hydroxylation sites is 1. The van der Waals surface area contributed by atoms with Gasteiger partial charge in [0.05, 0.1) is 21.3 Å². The molecule has 0 aromatic heterocycles. The number of nitrogens with one attached hydrogen (secondary N) is 1. The zero-order valence-corrected chi connectivity index (χ0v) is 19.3. The SMILES string of the molecule is COc1ccc(NC(=O)/C=C/c2cccc(OC)c2OC)cc1S(=O)(=O)N1CCCCC1. The van der Waals surface area contributed by atoms with Crippen LogP contribution in [0, 0.1) is 0 Å². The minimum atomic E-state index is -3.73. The molecule has 0 saturated carbocycles. The summed E-state index contributed by atoms with van der Waals surface area (Å²) in [6.07, 6.45) is 5.63. The molecule has 172 valence electrons. The van der Waals surface area contributed by atoms with Crippen LogP contribution in [0.2, 0.25) is 0 Å². The van der Waals surface area contributed by atoms with E-state index in [-0.39, 0.29) is 10.6 Å². The average Bonchev–Trinajstić information content (AvgIpc) is 2.82. The maximum Gasteiger partial charge on any atom is 0.248 e. The number of hydrogen-bond acceptors (Lipinski definition) is 6. The minimum Gasteiger partial charge on any atom is -0.495 e. The van der Waals surface area contributed by atoms with Crippen molar-refractivity contribution in [1.82, 2.24) is 4.31 Å². The van der Waals surface area contributed by atoms with E-state index in [0.29, 0.717) is 35.8 Å². The Labute approximate surface area is 188 Å². The van der Waals surface area contributed by atoms with Crippen molar-refractivity contribution in [3.05, 3.63) is 48.0 Å². The van der Waals surface area contributed by atoms with E-state index in [0.717, 1.165) is 19.3 Å². The molecule has 1 heterocycles. The van der Waals surface area contributed by atoms with Crippen molar-refractivity contribution in [1.29, 1.82) is 0 Å². The van der Waals surface area contributed by atoms with Gasteiger partial charge in [-0.2, -0.15) is 4.31 Å². The van der Waals surface area contributed by atoms with Crippen LogP contribution < -0.4 is 19.5 Å². The third-order valence-electron chi connectivity index (χ3n) is 5.21. The Morgan fingerprint density at radius 1 is 0.969 bits per heavy atom. The van der Waals surface area contributed by atoms with Gasteiger partial charge in [0.2, 0.25) is 15.9 Å². The Hall–Kier alpha value is -3.04. The molecule has 2 aromatic rings. The molecule has 1 amide bonds. The predicted octanol–water partition coefficient (Wildman–Crippen LogP) is 3.54. The molecule has 1 fully saturated rings. The van der Waals surface area contributed by atoms with Gasteiger partial charge in [0.15, 0.2) is 11.5 Å². The second-order valence-corrected chi connectivity index (χ2v) is 9.14. The number of rotatable bonds is 8. The van der Waals surface area contributed by atoms with E-state index in [1.165, 1.54) is 37.8 Å². The lowest BCUT2D eigenvalue weighted by Gasteiger charge is -2.26. The highest BCUT2D eigenvalue weighted by molar-refractivity contribution is 7.89. The van der Waals surface area contributed by atoms with Crippen LogP contribution in [-0.2, 0) is 14.8 Å². The maximum absolute atomic E-state index is 13.1. The molecule has 1 aliphatic rings. The molecule has 8 nitrogen and oxygen atoms in total. The van der Waals surface area contributed by atoms with E-state index in [1.54, 1.807) is 36.4 Å². The Bertz CT molecular complexity index is 1090. The quantitative estimate of drug-likeness (QED) is 0.606. The zero-order chi connectivity index (χ0) is 23.1. The van der Waals surface area contributed by atoms with Crippen molar-refractivity contribution < 1.29 is 27.4 Å². The minimum absolute atomic E-state index is 0.0399. The molecule has 2 aromatic carbocycles. The third-order valence-corrected chi connectivity index (χ3v) is 7.13. The van der Waals surface area contributed by atoms with Gasteiger partial charge in [-0.3, -0.25) is 4.79 Å². The number of carbonyl (C=O) groups excluding carboxylic acids is 1. The van der Waals surface area contributed by atoms with Crippen LogP contribution in [0.15, 0.2) is 47.4 Å². The van der Waals surface area contributed by atoms with Gasteiger partial charge in [0.25, 0.3) is 0 Å². The van der Waals surface area contributed by atoms with Gasteiger partial charge >= 0.3 is 0 Å². The summed E-state index contributed by atoms with van der Waals surface area (Å²) in [5, 5.41) is 2.71. The monoisotopic (exact) mass is 460 g/mol. The molecule has 0 aliphatic carbocycles. The number of anilines is 1. The molecule has 1 aliphatic heterocycles. The van der Waals surface area contributed by atoms with Gasteiger partial charge in [-0.15, -0.1) is 0 Å². The van der Waals surface area contributed by atoms with Crippen LogP contribution in [0.5, 0.6) is 17.2 Å². The fourth-order valence-electron chi connectivity index (χ4n) is 3.59. The molecular weight excluding hydrogens is 432 g/mol. The second-order valence-electron chi connectivity index (χ2n) is 7.24. The highest BCUT2D eigenvalue weighted by Gasteiger charge is 2.29. The van der Waals surface area contributed by atoms with Crippen LogP contribution in [0.25, 0.3) is 6.08 Å². The van der Waals surface area contributed by atoms with E-state index in [2.05, 4.69) is 5.32 Å². The lowest BCUT2D eigenvalue weighted by molar-refractivity contribution is -0.111. The Morgan fingerprint density at radius 3 is 2.34 bits per heavy atom. The maximum atomic E-state index is 13.1. The predicted molar refractivity (Wildman–Crippen MR) is 123 cm³/mol. The number of hydrogen-bond donors (Lipinski definition) is 1. The molecule has 1 saturated heterocycles. The molecule has 32 heavy (non-hydrogen) atoms. The first kappa shape index (κ1) is 23.6. The summed E-state index contributed by atoms with van der Waals surface area (Å²) in [4.78, 5) is 12.5. The summed E-state index contributed by atoms with van der Waals surface area (Å²) in [5.74, 6) is 0.891. The molecular formula is C23H28N2O6S. The van der Waals surface area contributed by atoms with E-state index in [1.807, 2.05) is 0 Å². The molecule has 9 heteroatoms. The smallest absolute Gasteiger partial charge is 0.248 e. The highest BCUT2D eigenvalue weighted by Crippen LogP contribution is 2.32. The number of amides is 1. The summed E-state index contributed by atoms with van der Waals surface area (Å²) in [6, 6.07) is 9.92. The van der Waals surface area contributed by atoms with Crippen LogP contribution in [0.1, 0.15) is 24.8 Å². The van der Waals surface area contributed by atoms with Crippen molar-refractivity contribution in [2.75, 3.05) is 39.7 Å². The standard InChI is InChI=1S/C23H28N2O6S/c1-29-19-12-11-18(16-21(19)32(27,28)25-14-5-4-6-15-25)24-22(26)13-10-17-8-7-9-20(30-2)23(17)31-3/h7-13,16H,4-6,14-15H2,1-3H3,(H,24,26)/b13-10+. The zero-order valence-electron chi connectivity index (χ0n) is 18.5. The lowest BCUT2D eigenvalue weighted by atomic mass is 10.1. The van der Waals surface area contributed by atoms with Crippen LogP contribution in [0.4, 0.5) is 5.69 Å². The number of methoxy groups -OCH3 is 3. The Kier molecular flexibility index (Phi) is 7.76. The van der Waals surface area contributed by atoms with E-state index >= 15 is 0 Å². The van der Waals surface area contributed by atoms with Gasteiger partial charge in [0.1, 0.15) is 10.6 Å². The number of nitrogens with zero attached hydrogens (tertiary/aromatic N) is 1. The molecule has 0 radical (unpaired) electrons. The van der Waals surface area contributed by atoms with Crippen LogP contribution in [-0.4, -0.2) is 53.0 Å². The fourth-order valence-corrected chi connectivity index (χ4v) is 5.29. The van der Waals surface area contributed by atoms with Crippen molar-refractivity contribution in [3.8, 4) is 17.2 Å². The summed E-state index contributed by atoms with van der Waals surface area (Å²) in [6.45, 7) is 0.959. The van der Waals surface area contributed by atoms with E-state index < -0.39 is 15.9 Å². The van der Waals surface area contributed by atoms with Crippen LogP contribution in [0.3, 0.4) is 0 Å². The van der Waals surface area contributed by atoms with E-state index in [4.69, 9.17) is 14.2 Å². The third kappa shape index (κ3) is 5.23. The molecule has 1 N–H and O–H groups in total. The van der Waals surface area contributed by atoms with Crippen molar-refractivity contribution in [3.63, 3.8) is 0 Å². The largest absolute Gasteiger partial charge is 0.495 e. The highest BCUT2D eigenvalue weighted by atomic mass is 32.2. The van der Waals surface area contributed by atoms with Gasteiger partial charge in [-0.25, -0.2) is 8.42 Å². The first-order chi connectivity index (χ1) is 15.4. The van der Waals surface area contributed by atoms with Gasteiger partial charge in [0, 0.05) is 30.4 Å². The first-order valence-electron chi connectivity index (χ1n) is 10.3. The summed E-state index contributed by atoms with van der Waals surface area (Å²) in [7, 11) is 0.761. The van der Waals surface area contributed by atoms with Gasteiger partial charge in [-0.05, 0) is 43.2 Å². The average molecular weight is 461 g/mol. The summed E-state index contributed by atoms with van der Waals surface area (Å²) in [5.41, 5.74) is 1.03. The number of benzene rings is 2. The molecule has 0 unspecified atom stereocenters. The molecule has 0 spiro atoms. The normalized spacial score (nSPS) is 14.8. The second kappa shape index (κ2) is 10.5. The van der Waals surface area contributed by atoms with Gasteiger partial charge < -0.3 is 19.5 Å². The van der Waals surface area contributed by atoms with Gasteiger partial charge in [-0.1, -0.05) is 18.6 Å². The van der Waals surface area contributed by atoms with Crippen molar-refractivity contribution >= 4 is 27.7 Å². The van der Waals surface area contributed by atoms with Crippen molar-refractivity contribution in [2.45, 2.75) is 24.2 Å². The van der Waals surface area contributed by atoms with Crippen molar-refractivity contribution in [2.24, 2.45) is 0 Å². The number of piperidine rings is 1. The molecule has 0 atom stereocenters. The number of sulfonamides is 1. The topological polar surface area (TPSA) is 94.2 Å². The van der Waals surface area contributed by atoms with E-state index in [9.17, 15) is 13.2 Å². The summed E-state index contributed by atoms with van der Waals surface area (Å²) < 4.78 is 43.6. The lowest BCUT2D eigenvalue weighted by Crippen LogP contribution is -2.35. The first-order valence-corrected chi connectivity index (χ1v) is 11.7.